The zero-order valence-electron chi connectivity index (χ0n) is 33.8. The molecule has 1 aliphatic heterocycles. The number of rotatable bonds is 29. The first kappa shape index (κ1) is 44.1. The predicted molar refractivity (Wildman–Crippen MR) is 219 cm³/mol. The van der Waals surface area contributed by atoms with Gasteiger partial charge >= 0.3 is 7.12 Å². The molecule has 2 aromatic carbocycles. The lowest BCUT2D eigenvalue weighted by molar-refractivity contribution is 0.00578. The zero-order valence-corrected chi connectivity index (χ0v) is 33.8. The van der Waals surface area contributed by atoms with E-state index in [0.29, 0.717) is 11.1 Å². The Bertz CT molecular complexity index is 1390. The standard InChI is InChI=1S/C46H69BN2O4/c1-45(2)46(3,4)53-47(52-45)42(31-23-19-15-11-7-9-13-17-21-25-35-51-44-33-27-29-41(37-44)39-49)30-22-18-14-10-6-5-8-12-16-20-24-34-50-43-32-26-28-40(36-43)38-48/h26-30,32-33,36-37H,5-25,31,34-35H2,1-4H3/b42-30-. The van der Waals surface area contributed by atoms with E-state index in [9.17, 15) is 0 Å². The van der Waals surface area contributed by atoms with E-state index in [1.54, 1.807) is 12.1 Å². The van der Waals surface area contributed by atoms with Crippen molar-refractivity contribution < 1.29 is 18.8 Å². The maximum absolute atomic E-state index is 9.02. The molecule has 0 atom stereocenters. The van der Waals surface area contributed by atoms with Crippen molar-refractivity contribution in [3.05, 3.63) is 71.2 Å². The average molecular weight is 725 g/mol. The van der Waals surface area contributed by atoms with E-state index >= 15 is 0 Å². The largest absolute Gasteiger partial charge is 0.494 e. The molecule has 1 fully saturated rings. The van der Waals surface area contributed by atoms with Gasteiger partial charge in [-0.1, -0.05) is 127 Å². The summed E-state index contributed by atoms with van der Waals surface area (Å²) in [6.07, 6.45) is 29.9. The first-order valence-electron chi connectivity index (χ1n) is 21.0. The first-order chi connectivity index (χ1) is 25.7. The Kier molecular flexibility index (Phi) is 21.4. The summed E-state index contributed by atoms with van der Waals surface area (Å²) in [5.41, 5.74) is 2.06. The number of hydrogen-bond donors (Lipinski definition) is 0. The van der Waals surface area contributed by atoms with E-state index in [1.165, 1.54) is 121 Å². The van der Waals surface area contributed by atoms with Crippen LogP contribution in [0.2, 0.25) is 0 Å². The van der Waals surface area contributed by atoms with Gasteiger partial charge in [0.1, 0.15) is 11.5 Å². The Balaban J connectivity index is 1.18. The van der Waals surface area contributed by atoms with Crippen molar-refractivity contribution in [3.8, 4) is 23.6 Å². The van der Waals surface area contributed by atoms with Gasteiger partial charge in [-0.3, -0.25) is 0 Å². The Labute approximate surface area is 323 Å². The molecule has 0 aromatic heterocycles. The molecule has 0 saturated carbocycles. The van der Waals surface area contributed by atoms with Crippen LogP contribution in [0.1, 0.15) is 180 Å². The molecule has 0 radical (unpaired) electrons. The van der Waals surface area contributed by atoms with Crippen LogP contribution in [0.15, 0.2) is 60.1 Å². The van der Waals surface area contributed by atoms with Crippen molar-refractivity contribution in [3.63, 3.8) is 0 Å². The van der Waals surface area contributed by atoms with Crippen molar-refractivity contribution in [1.82, 2.24) is 0 Å². The molecule has 1 heterocycles. The van der Waals surface area contributed by atoms with Crippen LogP contribution in [0.5, 0.6) is 11.5 Å². The van der Waals surface area contributed by atoms with Crippen molar-refractivity contribution in [2.24, 2.45) is 0 Å². The quantitative estimate of drug-likeness (QED) is 0.0613. The highest BCUT2D eigenvalue weighted by Gasteiger charge is 2.52. The second kappa shape index (κ2) is 25.7. The molecule has 0 amide bonds. The van der Waals surface area contributed by atoms with E-state index in [-0.39, 0.29) is 18.3 Å². The molecule has 3 rings (SSSR count). The smallest absolute Gasteiger partial charge is 0.490 e. The first-order valence-corrected chi connectivity index (χ1v) is 21.0. The van der Waals surface area contributed by atoms with Crippen LogP contribution in [-0.2, 0) is 9.31 Å². The van der Waals surface area contributed by atoms with Crippen molar-refractivity contribution in [2.45, 2.75) is 180 Å². The second-order valence-electron chi connectivity index (χ2n) is 16.0. The van der Waals surface area contributed by atoms with Crippen LogP contribution < -0.4 is 9.47 Å². The molecule has 0 unspecified atom stereocenters. The molecule has 7 heteroatoms. The molecule has 1 aliphatic rings. The molecule has 0 bridgehead atoms. The molecular weight excluding hydrogens is 655 g/mol. The highest BCUT2D eigenvalue weighted by atomic mass is 16.7. The van der Waals surface area contributed by atoms with Gasteiger partial charge in [0.15, 0.2) is 0 Å². The van der Waals surface area contributed by atoms with Gasteiger partial charge < -0.3 is 18.8 Å². The third-order valence-electron chi connectivity index (χ3n) is 10.9. The highest BCUT2D eigenvalue weighted by Crippen LogP contribution is 2.39. The Hall–Kier alpha value is -3.26. The van der Waals surface area contributed by atoms with Crippen molar-refractivity contribution in [1.29, 1.82) is 10.5 Å². The second-order valence-corrected chi connectivity index (χ2v) is 16.0. The summed E-state index contributed by atoms with van der Waals surface area (Å²) in [6, 6.07) is 19.1. The third kappa shape index (κ3) is 18.1. The number of hydrogen-bond acceptors (Lipinski definition) is 6. The molecule has 290 valence electrons. The fourth-order valence-electron chi connectivity index (χ4n) is 6.79. The Morgan fingerprint density at radius 3 is 1.36 bits per heavy atom. The minimum atomic E-state index is -0.299. The molecule has 0 aliphatic carbocycles. The number of benzene rings is 2. The number of nitrogens with zero attached hydrogens (tertiary/aromatic N) is 2. The van der Waals surface area contributed by atoms with Crippen molar-refractivity contribution in [2.75, 3.05) is 13.2 Å². The van der Waals surface area contributed by atoms with Gasteiger partial charge in [-0.05, 0) is 102 Å². The summed E-state index contributed by atoms with van der Waals surface area (Å²) >= 11 is 0. The molecular formula is C46H69BN2O4. The van der Waals surface area contributed by atoms with Gasteiger partial charge in [-0.2, -0.15) is 10.5 Å². The zero-order chi connectivity index (χ0) is 38.0. The van der Waals surface area contributed by atoms with Gasteiger partial charge in [0, 0.05) is 0 Å². The van der Waals surface area contributed by atoms with Crippen LogP contribution in [0, 0.1) is 22.7 Å². The maximum Gasteiger partial charge on any atom is 0.490 e. The van der Waals surface area contributed by atoms with Crippen LogP contribution in [-0.4, -0.2) is 31.5 Å². The molecule has 0 spiro atoms. The molecule has 2 aromatic rings. The van der Waals surface area contributed by atoms with Gasteiger partial charge in [0.05, 0.1) is 47.7 Å². The molecule has 53 heavy (non-hydrogen) atoms. The number of allylic oxidation sites excluding steroid dienone is 2. The Morgan fingerprint density at radius 2 is 0.943 bits per heavy atom. The lowest BCUT2D eigenvalue weighted by atomic mass is 9.74. The number of unbranched alkanes of at least 4 members (excludes halogenated alkanes) is 19. The van der Waals surface area contributed by atoms with Gasteiger partial charge in [0.2, 0.25) is 0 Å². The van der Waals surface area contributed by atoms with Crippen LogP contribution >= 0.6 is 0 Å². The minimum Gasteiger partial charge on any atom is -0.494 e. The summed E-state index contributed by atoms with van der Waals surface area (Å²) in [5, 5.41) is 18.0. The van der Waals surface area contributed by atoms with E-state index in [0.717, 1.165) is 50.4 Å². The minimum absolute atomic E-state index is 0.213. The van der Waals surface area contributed by atoms with E-state index < -0.39 is 0 Å². The number of nitriles is 2. The van der Waals surface area contributed by atoms with E-state index in [1.807, 2.05) is 36.4 Å². The van der Waals surface area contributed by atoms with Crippen molar-refractivity contribution >= 4 is 7.12 Å². The predicted octanol–water partition coefficient (Wildman–Crippen LogP) is 13.0. The van der Waals surface area contributed by atoms with Crippen LogP contribution in [0.4, 0.5) is 0 Å². The van der Waals surface area contributed by atoms with Crippen LogP contribution in [0.3, 0.4) is 0 Å². The molecule has 6 nitrogen and oxygen atoms in total. The van der Waals surface area contributed by atoms with E-state index in [4.69, 9.17) is 29.3 Å². The summed E-state index contributed by atoms with van der Waals surface area (Å²) < 4.78 is 24.6. The van der Waals surface area contributed by atoms with Gasteiger partial charge in [0.25, 0.3) is 0 Å². The summed E-state index contributed by atoms with van der Waals surface area (Å²) in [6.45, 7) is 10.1. The fraction of sp³-hybridized carbons (Fsp3) is 0.652. The summed E-state index contributed by atoms with van der Waals surface area (Å²) in [7, 11) is -0.213. The maximum atomic E-state index is 9.02. The summed E-state index contributed by atoms with van der Waals surface area (Å²) in [4.78, 5) is 0. The lowest BCUT2D eigenvalue weighted by Crippen LogP contribution is -2.41. The topological polar surface area (TPSA) is 84.5 Å². The van der Waals surface area contributed by atoms with Gasteiger partial charge in [-0.25, -0.2) is 0 Å². The molecule has 1 saturated heterocycles. The van der Waals surface area contributed by atoms with Crippen LogP contribution in [0.25, 0.3) is 0 Å². The van der Waals surface area contributed by atoms with Gasteiger partial charge in [-0.15, -0.1) is 0 Å². The fourth-order valence-corrected chi connectivity index (χ4v) is 6.79. The highest BCUT2D eigenvalue weighted by molar-refractivity contribution is 6.54. The monoisotopic (exact) mass is 725 g/mol. The normalized spacial score (nSPS) is 14.9. The van der Waals surface area contributed by atoms with E-state index in [2.05, 4.69) is 45.9 Å². The lowest BCUT2D eigenvalue weighted by Gasteiger charge is -2.32. The Morgan fingerprint density at radius 1 is 0.566 bits per heavy atom. The SMILES string of the molecule is CC1(C)OB(/C(=C\CCCCCCCCCCCCOc2cccc(C#N)c2)CCCCCCCCCCCCOc2cccc(C#N)c2)OC1(C)C. The molecule has 0 N–H and O–H groups in total. The third-order valence-corrected chi connectivity index (χ3v) is 10.9. The number of ether oxygens (including phenoxy) is 2. The summed E-state index contributed by atoms with van der Waals surface area (Å²) in [5.74, 6) is 1.59. The average Bonchev–Trinajstić information content (AvgIpc) is 3.38.